The third kappa shape index (κ3) is 1.43. The second kappa shape index (κ2) is 3.07. The van der Waals surface area contributed by atoms with Crippen LogP contribution in [0.3, 0.4) is 0 Å². The van der Waals surface area contributed by atoms with Crippen molar-refractivity contribution in [2.75, 3.05) is 0 Å². The van der Waals surface area contributed by atoms with Gasteiger partial charge in [0.2, 0.25) is 5.79 Å². The summed E-state index contributed by atoms with van der Waals surface area (Å²) in [5.74, 6) is -0.805. The molecule has 15 heavy (non-hydrogen) atoms. The van der Waals surface area contributed by atoms with Crippen molar-refractivity contribution in [2.24, 2.45) is 0 Å². The first-order valence-corrected chi connectivity index (χ1v) is 5.20. The summed E-state index contributed by atoms with van der Waals surface area (Å²) in [5.41, 5.74) is 2.43. The van der Waals surface area contributed by atoms with E-state index < -0.39 is 5.79 Å². The third-order valence-electron chi connectivity index (χ3n) is 3.08. The molecule has 1 spiro atoms. The molecule has 0 aliphatic carbocycles. The van der Waals surface area contributed by atoms with E-state index in [4.69, 9.17) is 9.47 Å². The number of rotatable bonds is 0. The Morgan fingerprint density at radius 2 is 2.00 bits per heavy atom. The Morgan fingerprint density at radius 3 is 2.73 bits per heavy atom. The van der Waals surface area contributed by atoms with Gasteiger partial charge >= 0.3 is 5.97 Å². The van der Waals surface area contributed by atoms with E-state index in [2.05, 4.69) is 12.1 Å². The molecule has 0 bridgehead atoms. The molecule has 1 atom stereocenters. The molecule has 2 heterocycles. The monoisotopic (exact) mass is 204 g/mol. The molecule has 3 rings (SSSR count). The first-order chi connectivity index (χ1) is 7.27. The maximum Gasteiger partial charge on any atom is 0.308 e. The highest BCUT2D eigenvalue weighted by atomic mass is 16.7. The molecule has 2 aliphatic heterocycles. The SMILES string of the molecule is O=C1CC[C@@]2(Cc3ccccc3CO2)O1. The average molecular weight is 204 g/mol. The molecule has 1 aromatic carbocycles. The van der Waals surface area contributed by atoms with E-state index in [1.807, 2.05) is 12.1 Å². The van der Waals surface area contributed by atoms with Crippen LogP contribution in [-0.4, -0.2) is 11.8 Å². The molecule has 78 valence electrons. The molecule has 2 aliphatic rings. The van der Waals surface area contributed by atoms with Crippen LogP contribution in [0.5, 0.6) is 0 Å². The molecule has 3 nitrogen and oxygen atoms in total. The van der Waals surface area contributed by atoms with E-state index in [0.717, 1.165) is 0 Å². The van der Waals surface area contributed by atoms with Crippen molar-refractivity contribution in [3.05, 3.63) is 35.4 Å². The van der Waals surface area contributed by atoms with Gasteiger partial charge in [0.05, 0.1) is 13.0 Å². The van der Waals surface area contributed by atoms with Crippen LogP contribution in [0.2, 0.25) is 0 Å². The number of hydrogen-bond acceptors (Lipinski definition) is 3. The Morgan fingerprint density at radius 1 is 1.20 bits per heavy atom. The number of carbonyl (C=O) groups is 1. The summed E-state index contributed by atoms with van der Waals surface area (Å²) in [4.78, 5) is 11.1. The fourth-order valence-electron chi connectivity index (χ4n) is 2.25. The predicted octanol–water partition coefficient (Wildman–Crippen LogP) is 1.79. The van der Waals surface area contributed by atoms with Crippen LogP contribution >= 0.6 is 0 Å². The van der Waals surface area contributed by atoms with Crippen LogP contribution in [0, 0.1) is 0 Å². The van der Waals surface area contributed by atoms with Gasteiger partial charge in [0.15, 0.2) is 0 Å². The quantitative estimate of drug-likeness (QED) is 0.604. The van der Waals surface area contributed by atoms with Crippen LogP contribution in [0.25, 0.3) is 0 Å². The van der Waals surface area contributed by atoms with Gasteiger partial charge in [-0.1, -0.05) is 24.3 Å². The van der Waals surface area contributed by atoms with Gasteiger partial charge in [0.1, 0.15) is 0 Å². The van der Waals surface area contributed by atoms with E-state index in [9.17, 15) is 4.79 Å². The van der Waals surface area contributed by atoms with E-state index in [1.165, 1.54) is 11.1 Å². The molecule has 0 aromatic heterocycles. The number of fused-ring (bicyclic) bond motifs is 1. The van der Waals surface area contributed by atoms with Gasteiger partial charge in [-0.15, -0.1) is 0 Å². The molecule has 0 radical (unpaired) electrons. The summed E-state index contributed by atoms with van der Waals surface area (Å²) in [7, 11) is 0. The molecular formula is C12H12O3. The Labute approximate surface area is 88.0 Å². The Kier molecular flexibility index (Phi) is 1.83. The van der Waals surface area contributed by atoms with Crippen molar-refractivity contribution >= 4 is 5.97 Å². The highest BCUT2D eigenvalue weighted by Crippen LogP contribution is 2.36. The number of esters is 1. The summed E-state index contributed by atoms with van der Waals surface area (Å²) in [5, 5.41) is 0. The molecule has 0 amide bonds. The van der Waals surface area contributed by atoms with Gasteiger partial charge in [-0.3, -0.25) is 4.79 Å². The van der Waals surface area contributed by atoms with E-state index in [-0.39, 0.29) is 5.97 Å². The third-order valence-corrected chi connectivity index (χ3v) is 3.08. The Hall–Kier alpha value is -1.35. The number of hydrogen-bond donors (Lipinski definition) is 0. The predicted molar refractivity (Wildman–Crippen MR) is 53.0 cm³/mol. The maximum absolute atomic E-state index is 11.1. The molecular weight excluding hydrogens is 192 g/mol. The lowest BCUT2D eigenvalue weighted by atomic mass is 9.95. The lowest BCUT2D eigenvalue weighted by Crippen LogP contribution is -2.38. The molecule has 0 unspecified atom stereocenters. The summed E-state index contributed by atoms with van der Waals surface area (Å²) < 4.78 is 11.0. The lowest BCUT2D eigenvalue weighted by Gasteiger charge is -2.33. The summed E-state index contributed by atoms with van der Waals surface area (Å²) in [6.45, 7) is 0.545. The molecule has 0 saturated carbocycles. The minimum atomic E-state index is -0.661. The number of carbonyl (C=O) groups excluding carboxylic acids is 1. The van der Waals surface area contributed by atoms with Gasteiger partial charge in [-0.05, 0) is 11.1 Å². The Bertz CT molecular complexity index is 413. The van der Waals surface area contributed by atoms with Crippen LogP contribution in [-0.2, 0) is 27.3 Å². The van der Waals surface area contributed by atoms with E-state index in [1.54, 1.807) is 0 Å². The minimum Gasteiger partial charge on any atom is -0.433 e. The topological polar surface area (TPSA) is 35.5 Å². The van der Waals surface area contributed by atoms with Gasteiger partial charge in [0.25, 0.3) is 0 Å². The fraction of sp³-hybridized carbons (Fsp3) is 0.417. The van der Waals surface area contributed by atoms with Crippen molar-refractivity contribution in [1.82, 2.24) is 0 Å². The Balaban J connectivity index is 1.92. The van der Waals surface area contributed by atoms with Crippen LogP contribution < -0.4 is 0 Å². The maximum atomic E-state index is 11.1. The summed E-state index contributed by atoms with van der Waals surface area (Å²) in [6, 6.07) is 8.14. The fourth-order valence-corrected chi connectivity index (χ4v) is 2.25. The molecule has 1 saturated heterocycles. The summed E-state index contributed by atoms with van der Waals surface area (Å²) in [6.07, 6.45) is 1.84. The second-order valence-corrected chi connectivity index (χ2v) is 4.12. The zero-order valence-corrected chi connectivity index (χ0v) is 8.36. The molecule has 3 heteroatoms. The zero-order valence-electron chi connectivity index (χ0n) is 8.36. The van der Waals surface area contributed by atoms with Crippen molar-refractivity contribution in [3.8, 4) is 0 Å². The average Bonchev–Trinajstić information content (AvgIpc) is 2.60. The molecule has 1 aromatic rings. The zero-order chi connectivity index (χ0) is 10.3. The molecule has 0 N–H and O–H groups in total. The second-order valence-electron chi connectivity index (χ2n) is 4.12. The van der Waals surface area contributed by atoms with E-state index in [0.29, 0.717) is 25.9 Å². The van der Waals surface area contributed by atoms with Gasteiger partial charge in [-0.25, -0.2) is 0 Å². The first kappa shape index (κ1) is 8.92. The highest BCUT2D eigenvalue weighted by Gasteiger charge is 2.44. The van der Waals surface area contributed by atoms with Gasteiger partial charge < -0.3 is 9.47 Å². The van der Waals surface area contributed by atoms with Crippen LogP contribution in [0.15, 0.2) is 24.3 Å². The number of benzene rings is 1. The lowest BCUT2D eigenvalue weighted by molar-refractivity contribution is -0.222. The summed E-state index contributed by atoms with van der Waals surface area (Å²) >= 11 is 0. The van der Waals surface area contributed by atoms with Crippen molar-refractivity contribution < 1.29 is 14.3 Å². The van der Waals surface area contributed by atoms with Crippen molar-refractivity contribution in [1.29, 1.82) is 0 Å². The largest absolute Gasteiger partial charge is 0.433 e. The van der Waals surface area contributed by atoms with Crippen LogP contribution in [0.1, 0.15) is 24.0 Å². The van der Waals surface area contributed by atoms with Gasteiger partial charge in [-0.2, -0.15) is 0 Å². The minimum absolute atomic E-state index is 0.144. The van der Waals surface area contributed by atoms with E-state index >= 15 is 0 Å². The smallest absolute Gasteiger partial charge is 0.308 e. The highest BCUT2D eigenvalue weighted by molar-refractivity contribution is 5.72. The number of ether oxygens (including phenoxy) is 2. The van der Waals surface area contributed by atoms with Crippen LogP contribution in [0.4, 0.5) is 0 Å². The first-order valence-electron chi connectivity index (χ1n) is 5.20. The standard InChI is InChI=1S/C12H12O3/c13-11-5-6-12(15-11)7-9-3-1-2-4-10(9)8-14-12/h1-4H,5-8H2/t12-/m0/s1. The van der Waals surface area contributed by atoms with Crippen molar-refractivity contribution in [3.63, 3.8) is 0 Å². The normalized spacial score (nSPS) is 28.9. The van der Waals surface area contributed by atoms with Gasteiger partial charge in [0, 0.05) is 12.8 Å². The molecule has 1 fully saturated rings. The van der Waals surface area contributed by atoms with Crippen molar-refractivity contribution in [2.45, 2.75) is 31.7 Å².